The quantitative estimate of drug-likeness (QED) is 0.673. The number of hydrogen-bond donors (Lipinski definition) is 0. The molecule has 96 valence electrons. The van der Waals surface area contributed by atoms with E-state index in [9.17, 15) is 9.59 Å². The molecule has 16 heavy (non-hydrogen) atoms. The number of nitrogens with zero attached hydrogens (tertiary/aromatic N) is 1. The molecule has 0 N–H and O–H groups in total. The van der Waals surface area contributed by atoms with Crippen LogP contribution in [0.3, 0.4) is 0 Å². The summed E-state index contributed by atoms with van der Waals surface area (Å²) < 4.78 is 0. The lowest BCUT2D eigenvalue weighted by Crippen LogP contribution is -2.27. The summed E-state index contributed by atoms with van der Waals surface area (Å²) in [5.74, 6) is 0.395. The predicted octanol–water partition coefficient (Wildman–Crippen LogP) is 3.03. The van der Waals surface area contributed by atoms with Gasteiger partial charge in [0.2, 0.25) is 5.91 Å². The van der Waals surface area contributed by atoms with Crippen LogP contribution in [-0.2, 0) is 9.59 Å². The molecule has 0 bridgehead atoms. The largest absolute Gasteiger partial charge is 0.346 e. The van der Waals surface area contributed by atoms with E-state index in [1.165, 1.54) is 0 Å². The number of carbonyl (C=O) groups excluding carboxylic acids is 2. The van der Waals surface area contributed by atoms with Crippen LogP contribution in [0.15, 0.2) is 0 Å². The normalized spacial score (nSPS) is 9.06. The zero-order chi connectivity index (χ0) is 13.0. The van der Waals surface area contributed by atoms with Gasteiger partial charge in [-0.25, -0.2) is 0 Å². The second-order valence-electron chi connectivity index (χ2n) is 3.56. The molecule has 0 saturated heterocycles. The van der Waals surface area contributed by atoms with Crippen LogP contribution >= 0.6 is 0 Å². The molecule has 1 amide bonds. The highest BCUT2D eigenvalue weighted by molar-refractivity contribution is 5.79. The molecule has 0 aromatic heterocycles. The molecule has 0 aromatic rings. The molecule has 0 aromatic carbocycles. The highest BCUT2D eigenvalue weighted by Gasteiger charge is 2.07. The third kappa shape index (κ3) is 9.69. The number of rotatable bonds is 7. The Kier molecular flexibility index (Phi) is 13.4. The van der Waals surface area contributed by atoms with Crippen molar-refractivity contribution >= 4 is 11.7 Å². The Morgan fingerprint density at radius 3 is 2.06 bits per heavy atom. The van der Waals surface area contributed by atoms with Gasteiger partial charge in [0.25, 0.3) is 0 Å². The van der Waals surface area contributed by atoms with Gasteiger partial charge >= 0.3 is 0 Å². The highest BCUT2D eigenvalue weighted by atomic mass is 16.2. The smallest absolute Gasteiger partial charge is 0.222 e. The maximum absolute atomic E-state index is 11.4. The third-order valence-electron chi connectivity index (χ3n) is 2.23. The van der Waals surface area contributed by atoms with Crippen LogP contribution < -0.4 is 0 Å². The summed E-state index contributed by atoms with van der Waals surface area (Å²) in [6.45, 7) is 8.71. The number of ketones is 1. The fourth-order valence-electron chi connectivity index (χ4n) is 1.26. The SMILES string of the molecule is CC.CCCN(C)C(=O)CCCC(=O)CC. The Balaban J connectivity index is 0. The first kappa shape index (κ1) is 17.5. The lowest BCUT2D eigenvalue weighted by Gasteiger charge is -2.15. The Hall–Kier alpha value is -0.860. The number of Topliss-reactive ketones (excluding diaryl/α,β-unsaturated/α-hetero) is 1. The van der Waals surface area contributed by atoms with E-state index in [1.807, 2.05) is 34.7 Å². The minimum absolute atomic E-state index is 0.149. The first-order valence-electron chi connectivity index (χ1n) is 6.37. The molecule has 0 rings (SSSR count). The van der Waals surface area contributed by atoms with Crippen molar-refractivity contribution in [2.45, 2.75) is 59.8 Å². The molecule has 3 nitrogen and oxygen atoms in total. The van der Waals surface area contributed by atoms with Crippen LogP contribution in [0, 0.1) is 0 Å². The molecule has 0 saturated carbocycles. The van der Waals surface area contributed by atoms with Crippen LogP contribution in [-0.4, -0.2) is 30.2 Å². The van der Waals surface area contributed by atoms with Crippen LogP contribution in [0.2, 0.25) is 0 Å². The molecule has 0 aliphatic rings. The molecular formula is C13H27NO2. The van der Waals surface area contributed by atoms with Crippen molar-refractivity contribution in [2.75, 3.05) is 13.6 Å². The van der Waals surface area contributed by atoms with E-state index in [0.29, 0.717) is 25.7 Å². The Morgan fingerprint density at radius 2 is 1.62 bits per heavy atom. The lowest BCUT2D eigenvalue weighted by atomic mass is 10.1. The summed E-state index contributed by atoms with van der Waals surface area (Å²) in [7, 11) is 1.81. The molecule has 0 fully saturated rings. The van der Waals surface area contributed by atoms with Gasteiger partial charge in [-0.1, -0.05) is 27.7 Å². The summed E-state index contributed by atoms with van der Waals surface area (Å²) in [5, 5.41) is 0. The molecule has 0 aliphatic heterocycles. The van der Waals surface area contributed by atoms with Gasteiger partial charge in [0.1, 0.15) is 5.78 Å². The summed E-state index contributed by atoms with van der Waals surface area (Å²) in [4.78, 5) is 24.1. The molecule has 0 unspecified atom stereocenters. The van der Waals surface area contributed by atoms with Crippen molar-refractivity contribution < 1.29 is 9.59 Å². The third-order valence-corrected chi connectivity index (χ3v) is 2.23. The molecule has 0 atom stereocenters. The summed E-state index contributed by atoms with van der Waals surface area (Å²) in [6, 6.07) is 0. The van der Waals surface area contributed by atoms with E-state index in [4.69, 9.17) is 0 Å². The zero-order valence-corrected chi connectivity index (χ0v) is 11.5. The average Bonchev–Trinajstić information content (AvgIpc) is 2.31. The monoisotopic (exact) mass is 229 g/mol. The van der Waals surface area contributed by atoms with Crippen molar-refractivity contribution in [2.24, 2.45) is 0 Å². The van der Waals surface area contributed by atoms with Gasteiger partial charge in [0.15, 0.2) is 0 Å². The maximum Gasteiger partial charge on any atom is 0.222 e. The molecule has 0 heterocycles. The van der Waals surface area contributed by atoms with E-state index < -0.39 is 0 Å². The summed E-state index contributed by atoms with van der Waals surface area (Å²) in [5.41, 5.74) is 0. The fourth-order valence-corrected chi connectivity index (χ4v) is 1.26. The van der Waals surface area contributed by atoms with Gasteiger partial charge in [-0.3, -0.25) is 9.59 Å². The van der Waals surface area contributed by atoms with Gasteiger partial charge in [0.05, 0.1) is 0 Å². The Labute approximate surface area is 100 Å². The molecule has 3 heteroatoms. The fraction of sp³-hybridized carbons (Fsp3) is 0.846. The molecular weight excluding hydrogens is 202 g/mol. The summed E-state index contributed by atoms with van der Waals surface area (Å²) >= 11 is 0. The standard InChI is InChI=1S/C11H21NO2.C2H6/c1-4-9-12(3)11(14)8-6-7-10(13)5-2;1-2/h4-9H2,1-3H3;1-2H3. The summed E-state index contributed by atoms with van der Waals surface area (Å²) in [6.07, 6.45) is 3.30. The minimum atomic E-state index is 0.149. The van der Waals surface area contributed by atoms with Crippen LogP contribution in [0.4, 0.5) is 0 Å². The second-order valence-corrected chi connectivity index (χ2v) is 3.56. The minimum Gasteiger partial charge on any atom is -0.346 e. The first-order chi connectivity index (χ1) is 7.61. The highest BCUT2D eigenvalue weighted by Crippen LogP contribution is 2.02. The van der Waals surface area contributed by atoms with E-state index in [-0.39, 0.29) is 11.7 Å². The average molecular weight is 229 g/mol. The van der Waals surface area contributed by atoms with Crippen molar-refractivity contribution in [1.29, 1.82) is 0 Å². The number of hydrogen-bond acceptors (Lipinski definition) is 2. The van der Waals surface area contributed by atoms with Crippen LogP contribution in [0.1, 0.15) is 59.8 Å². The number of carbonyl (C=O) groups is 2. The van der Waals surface area contributed by atoms with Crippen LogP contribution in [0.5, 0.6) is 0 Å². The van der Waals surface area contributed by atoms with Gasteiger partial charge in [0, 0.05) is 32.9 Å². The lowest BCUT2D eigenvalue weighted by molar-refractivity contribution is -0.130. The number of amides is 1. The van der Waals surface area contributed by atoms with E-state index in [0.717, 1.165) is 13.0 Å². The maximum atomic E-state index is 11.4. The van der Waals surface area contributed by atoms with Crippen LogP contribution in [0.25, 0.3) is 0 Å². The Morgan fingerprint density at radius 1 is 1.06 bits per heavy atom. The van der Waals surface area contributed by atoms with E-state index in [1.54, 1.807) is 4.90 Å². The molecule has 0 spiro atoms. The zero-order valence-electron chi connectivity index (χ0n) is 11.5. The van der Waals surface area contributed by atoms with Crippen molar-refractivity contribution in [3.63, 3.8) is 0 Å². The van der Waals surface area contributed by atoms with E-state index in [2.05, 4.69) is 0 Å². The second kappa shape index (κ2) is 12.2. The molecule has 0 aliphatic carbocycles. The topological polar surface area (TPSA) is 37.4 Å². The first-order valence-corrected chi connectivity index (χ1v) is 6.37. The van der Waals surface area contributed by atoms with Gasteiger partial charge in [-0.15, -0.1) is 0 Å². The van der Waals surface area contributed by atoms with E-state index >= 15 is 0 Å². The predicted molar refractivity (Wildman–Crippen MR) is 68.4 cm³/mol. The van der Waals surface area contributed by atoms with Gasteiger partial charge in [-0.2, -0.15) is 0 Å². The van der Waals surface area contributed by atoms with Crippen molar-refractivity contribution in [1.82, 2.24) is 4.90 Å². The van der Waals surface area contributed by atoms with Crippen molar-refractivity contribution in [3.8, 4) is 0 Å². The molecule has 0 radical (unpaired) electrons. The van der Waals surface area contributed by atoms with Crippen molar-refractivity contribution in [3.05, 3.63) is 0 Å². The Bertz CT molecular complexity index is 190. The van der Waals surface area contributed by atoms with Gasteiger partial charge < -0.3 is 4.90 Å². The van der Waals surface area contributed by atoms with Gasteiger partial charge in [-0.05, 0) is 12.8 Å².